The van der Waals surface area contributed by atoms with Crippen molar-refractivity contribution in [1.82, 2.24) is 5.32 Å². The van der Waals surface area contributed by atoms with Crippen LogP contribution < -0.4 is 10.1 Å². The molecule has 0 saturated heterocycles. The van der Waals surface area contributed by atoms with Gasteiger partial charge in [-0.3, -0.25) is 4.79 Å². The Balaban J connectivity index is 3.00. The molecule has 0 aliphatic carbocycles. The van der Waals surface area contributed by atoms with Crippen LogP contribution in [0.5, 0.6) is 5.75 Å². The lowest BCUT2D eigenvalue weighted by Crippen LogP contribution is -2.40. The van der Waals surface area contributed by atoms with Crippen molar-refractivity contribution >= 4 is 23.5 Å². The van der Waals surface area contributed by atoms with Gasteiger partial charge >= 0.3 is 5.97 Å². The van der Waals surface area contributed by atoms with Gasteiger partial charge in [-0.25, -0.2) is 4.79 Å². The van der Waals surface area contributed by atoms with Crippen LogP contribution in [0, 0.1) is 0 Å². The molecule has 7 heteroatoms. The zero-order chi connectivity index (χ0) is 16.0. The molecule has 21 heavy (non-hydrogen) atoms. The number of aliphatic carboxylic acids is 1. The summed E-state index contributed by atoms with van der Waals surface area (Å²) in [6.45, 7) is 1.77. The van der Waals surface area contributed by atoms with E-state index in [1.54, 1.807) is 13.0 Å². The zero-order valence-electron chi connectivity index (χ0n) is 12.1. The summed E-state index contributed by atoms with van der Waals surface area (Å²) in [7, 11) is 2.86. The largest absolute Gasteiger partial charge is 0.495 e. The van der Waals surface area contributed by atoms with Gasteiger partial charge in [0.2, 0.25) is 5.91 Å². The number of carboxylic acid groups (broad SMARTS) is 1. The van der Waals surface area contributed by atoms with Gasteiger partial charge in [0.25, 0.3) is 0 Å². The number of nitrogens with one attached hydrogen (secondary N) is 1. The second kappa shape index (κ2) is 7.85. The molecule has 0 heterocycles. The standard InChI is InChI=1S/C14H18ClNO5/c1-4-10(20-2)13(17)16-12(14(18)19)8-5-6-11(21-3)9(15)7-8/h5-7,10,12H,4H2,1-3H3,(H,16,17)(H,18,19). The van der Waals surface area contributed by atoms with E-state index in [9.17, 15) is 14.7 Å². The highest BCUT2D eigenvalue weighted by Gasteiger charge is 2.26. The highest BCUT2D eigenvalue weighted by atomic mass is 35.5. The van der Waals surface area contributed by atoms with Gasteiger partial charge in [-0.05, 0) is 24.1 Å². The van der Waals surface area contributed by atoms with Crippen LogP contribution in [0.4, 0.5) is 0 Å². The molecule has 1 rings (SSSR count). The van der Waals surface area contributed by atoms with Crippen LogP contribution in [-0.4, -0.2) is 37.3 Å². The molecule has 1 aromatic carbocycles. The topological polar surface area (TPSA) is 84.9 Å². The van der Waals surface area contributed by atoms with Crippen molar-refractivity contribution in [2.75, 3.05) is 14.2 Å². The van der Waals surface area contributed by atoms with Gasteiger partial charge in [0, 0.05) is 7.11 Å². The Morgan fingerprint density at radius 2 is 2.05 bits per heavy atom. The summed E-state index contributed by atoms with van der Waals surface area (Å²) >= 11 is 5.98. The van der Waals surface area contributed by atoms with Crippen molar-refractivity contribution in [3.05, 3.63) is 28.8 Å². The van der Waals surface area contributed by atoms with E-state index in [1.807, 2.05) is 0 Å². The number of halogens is 1. The molecule has 0 aromatic heterocycles. The lowest BCUT2D eigenvalue weighted by atomic mass is 10.1. The second-order valence-corrected chi connectivity index (χ2v) is 4.71. The molecule has 0 spiro atoms. The first-order valence-corrected chi connectivity index (χ1v) is 6.71. The maximum absolute atomic E-state index is 11.9. The Morgan fingerprint density at radius 3 is 2.48 bits per heavy atom. The molecule has 1 aromatic rings. The molecule has 2 N–H and O–H groups in total. The minimum absolute atomic E-state index is 0.272. The van der Waals surface area contributed by atoms with Gasteiger partial charge in [-0.15, -0.1) is 0 Å². The van der Waals surface area contributed by atoms with Gasteiger partial charge in [0.15, 0.2) is 6.04 Å². The van der Waals surface area contributed by atoms with Gasteiger partial charge in [-0.1, -0.05) is 24.6 Å². The predicted octanol–water partition coefficient (Wildman–Crippen LogP) is 2.02. The fourth-order valence-electron chi connectivity index (χ4n) is 1.84. The Labute approximate surface area is 128 Å². The van der Waals surface area contributed by atoms with Gasteiger partial charge in [0.05, 0.1) is 12.1 Å². The number of amides is 1. The van der Waals surface area contributed by atoms with E-state index in [0.717, 1.165) is 0 Å². The summed E-state index contributed by atoms with van der Waals surface area (Å²) in [6, 6.07) is 3.34. The first-order chi connectivity index (χ1) is 9.94. The maximum atomic E-state index is 11.9. The maximum Gasteiger partial charge on any atom is 0.330 e. The summed E-state index contributed by atoms with van der Waals surface area (Å²) in [5.74, 6) is -1.24. The van der Waals surface area contributed by atoms with E-state index in [4.69, 9.17) is 21.1 Å². The molecule has 2 unspecified atom stereocenters. The van der Waals surface area contributed by atoms with Crippen molar-refractivity contribution in [2.24, 2.45) is 0 Å². The van der Waals surface area contributed by atoms with Crippen molar-refractivity contribution in [3.8, 4) is 5.75 Å². The minimum Gasteiger partial charge on any atom is -0.495 e. The average Bonchev–Trinajstić information content (AvgIpc) is 2.45. The van der Waals surface area contributed by atoms with Crippen LogP contribution in [-0.2, 0) is 14.3 Å². The van der Waals surface area contributed by atoms with Crippen LogP contribution in [0.2, 0.25) is 5.02 Å². The predicted molar refractivity (Wildman–Crippen MR) is 77.6 cm³/mol. The quantitative estimate of drug-likeness (QED) is 0.804. The van der Waals surface area contributed by atoms with Crippen molar-refractivity contribution in [3.63, 3.8) is 0 Å². The third kappa shape index (κ3) is 4.34. The highest BCUT2D eigenvalue weighted by Crippen LogP contribution is 2.27. The number of ether oxygens (including phenoxy) is 2. The van der Waals surface area contributed by atoms with Crippen LogP contribution in [0.3, 0.4) is 0 Å². The van der Waals surface area contributed by atoms with Crippen molar-refractivity contribution in [1.29, 1.82) is 0 Å². The van der Waals surface area contributed by atoms with Crippen molar-refractivity contribution < 1.29 is 24.2 Å². The second-order valence-electron chi connectivity index (χ2n) is 4.31. The lowest BCUT2D eigenvalue weighted by Gasteiger charge is -2.19. The molecule has 0 bridgehead atoms. The SMILES string of the molecule is CCC(OC)C(=O)NC(C(=O)O)c1ccc(OC)c(Cl)c1. The average molecular weight is 316 g/mol. The highest BCUT2D eigenvalue weighted by molar-refractivity contribution is 6.32. The molecular weight excluding hydrogens is 298 g/mol. The number of rotatable bonds is 7. The number of hydrogen-bond acceptors (Lipinski definition) is 4. The fraction of sp³-hybridized carbons (Fsp3) is 0.429. The zero-order valence-corrected chi connectivity index (χ0v) is 12.8. The summed E-state index contributed by atoms with van der Waals surface area (Å²) in [5, 5.41) is 12.0. The number of carbonyl (C=O) groups excluding carboxylic acids is 1. The van der Waals surface area contributed by atoms with Gasteiger partial charge in [-0.2, -0.15) is 0 Å². The van der Waals surface area contributed by atoms with E-state index < -0.39 is 24.0 Å². The Hall–Kier alpha value is -1.79. The molecule has 6 nitrogen and oxygen atoms in total. The third-order valence-corrected chi connectivity index (χ3v) is 3.29. The number of hydrogen-bond donors (Lipinski definition) is 2. The molecule has 0 radical (unpaired) electrons. The third-order valence-electron chi connectivity index (χ3n) is 2.99. The summed E-state index contributed by atoms with van der Waals surface area (Å²) in [6.07, 6.45) is -0.251. The fourth-order valence-corrected chi connectivity index (χ4v) is 2.11. The summed E-state index contributed by atoms with van der Waals surface area (Å²) in [4.78, 5) is 23.3. The van der Waals surface area contributed by atoms with E-state index in [1.165, 1.54) is 26.4 Å². The number of carboxylic acids is 1. The Bertz CT molecular complexity index is 516. The van der Waals surface area contributed by atoms with Gasteiger partial charge in [0.1, 0.15) is 11.9 Å². The first kappa shape index (κ1) is 17.3. The molecule has 1 amide bonds. The van der Waals surface area contributed by atoms with E-state index in [2.05, 4.69) is 5.32 Å². The number of methoxy groups -OCH3 is 2. The summed E-state index contributed by atoms with van der Waals surface area (Å²) in [5.41, 5.74) is 0.354. The lowest BCUT2D eigenvalue weighted by molar-refractivity contribution is -0.144. The smallest absolute Gasteiger partial charge is 0.330 e. The Morgan fingerprint density at radius 1 is 1.38 bits per heavy atom. The van der Waals surface area contributed by atoms with Gasteiger partial charge < -0.3 is 19.9 Å². The van der Waals surface area contributed by atoms with Crippen LogP contribution >= 0.6 is 11.6 Å². The molecular formula is C14H18ClNO5. The minimum atomic E-state index is -1.20. The monoisotopic (exact) mass is 315 g/mol. The van der Waals surface area contributed by atoms with E-state index in [-0.39, 0.29) is 5.02 Å². The molecule has 116 valence electrons. The molecule has 0 aliphatic heterocycles. The Kier molecular flexibility index (Phi) is 6.45. The molecule has 0 saturated carbocycles. The first-order valence-electron chi connectivity index (χ1n) is 6.34. The number of benzene rings is 1. The molecule has 2 atom stereocenters. The van der Waals surface area contributed by atoms with Crippen molar-refractivity contribution in [2.45, 2.75) is 25.5 Å². The molecule has 0 aliphatic rings. The van der Waals surface area contributed by atoms with Crippen LogP contribution in [0.15, 0.2) is 18.2 Å². The van der Waals surface area contributed by atoms with E-state index in [0.29, 0.717) is 17.7 Å². The number of carbonyl (C=O) groups is 2. The molecule has 0 fully saturated rings. The summed E-state index contributed by atoms with van der Waals surface area (Å²) < 4.78 is 9.99. The van der Waals surface area contributed by atoms with Crippen LogP contribution in [0.25, 0.3) is 0 Å². The normalized spacial score (nSPS) is 13.3. The van der Waals surface area contributed by atoms with Crippen LogP contribution in [0.1, 0.15) is 24.9 Å². The van der Waals surface area contributed by atoms with E-state index >= 15 is 0 Å².